The van der Waals surface area contributed by atoms with Gasteiger partial charge in [0.2, 0.25) is 0 Å². The molecule has 1 atom stereocenters. The molecule has 0 aliphatic rings. The summed E-state index contributed by atoms with van der Waals surface area (Å²) < 4.78 is 8.00. The summed E-state index contributed by atoms with van der Waals surface area (Å²) in [5, 5.41) is 0. The standard InChI is InChI=1S/C16H23N3O/c1-12-4-5-16(15(10-12)11-13(2)17)20-9-8-19-7-6-18-14(19)3/h4-7,10,13H,8-9,11,17H2,1-3H3. The predicted octanol–water partition coefficient (Wildman–Crippen LogP) is 2.47. The minimum absolute atomic E-state index is 0.134. The van der Waals surface area contributed by atoms with Gasteiger partial charge in [0.1, 0.15) is 18.2 Å². The van der Waals surface area contributed by atoms with E-state index in [9.17, 15) is 0 Å². The van der Waals surface area contributed by atoms with E-state index >= 15 is 0 Å². The third-order valence-corrected chi connectivity index (χ3v) is 3.27. The summed E-state index contributed by atoms with van der Waals surface area (Å²) in [6.45, 7) is 7.53. The zero-order chi connectivity index (χ0) is 14.5. The topological polar surface area (TPSA) is 53.1 Å². The van der Waals surface area contributed by atoms with Gasteiger partial charge in [0.15, 0.2) is 0 Å². The summed E-state index contributed by atoms with van der Waals surface area (Å²) in [6.07, 6.45) is 4.61. The Labute approximate surface area is 120 Å². The van der Waals surface area contributed by atoms with Crippen molar-refractivity contribution >= 4 is 0 Å². The molecule has 2 N–H and O–H groups in total. The molecule has 108 valence electrons. The number of aryl methyl sites for hydroxylation is 2. The molecule has 1 aromatic carbocycles. The van der Waals surface area contributed by atoms with Crippen LogP contribution >= 0.6 is 0 Å². The van der Waals surface area contributed by atoms with E-state index in [0.29, 0.717) is 6.61 Å². The lowest BCUT2D eigenvalue weighted by atomic mass is 10.0. The molecule has 4 heteroatoms. The van der Waals surface area contributed by atoms with E-state index in [1.807, 2.05) is 32.3 Å². The SMILES string of the molecule is Cc1ccc(OCCn2ccnc2C)c(CC(C)N)c1. The minimum atomic E-state index is 0.134. The molecule has 0 spiro atoms. The van der Waals surface area contributed by atoms with Crippen LogP contribution in [-0.4, -0.2) is 22.2 Å². The van der Waals surface area contributed by atoms with Crippen molar-refractivity contribution in [2.24, 2.45) is 5.73 Å². The second-order valence-electron chi connectivity index (χ2n) is 5.31. The van der Waals surface area contributed by atoms with Gasteiger partial charge in [-0.2, -0.15) is 0 Å². The fourth-order valence-corrected chi connectivity index (χ4v) is 2.25. The van der Waals surface area contributed by atoms with Gasteiger partial charge in [0.25, 0.3) is 0 Å². The normalized spacial score (nSPS) is 12.4. The Morgan fingerprint density at radius 2 is 2.15 bits per heavy atom. The zero-order valence-corrected chi connectivity index (χ0v) is 12.5. The monoisotopic (exact) mass is 273 g/mol. The predicted molar refractivity (Wildman–Crippen MR) is 81.0 cm³/mol. The Morgan fingerprint density at radius 1 is 1.35 bits per heavy atom. The van der Waals surface area contributed by atoms with Gasteiger partial charge in [-0.25, -0.2) is 4.98 Å². The van der Waals surface area contributed by atoms with E-state index in [0.717, 1.165) is 24.5 Å². The van der Waals surface area contributed by atoms with E-state index in [1.165, 1.54) is 11.1 Å². The van der Waals surface area contributed by atoms with Crippen LogP contribution in [0.2, 0.25) is 0 Å². The average molecular weight is 273 g/mol. The van der Waals surface area contributed by atoms with Crippen LogP contribution < -0.4 is 10.5 Å². The first-order valence-electron chi connectivity index (χ1n) is 7.02. The van der Waals surface area contributed by atoms with Crippen LogP contribution in [0.3, 0.4) is 0 Å². The van der Waals surface area contributed by atoms with E-state index < -0.39 is 0 Å². The summed E-state index contributed by atoms with van der Waals surface area (Å²) in [5.41, 5.74) is 8.32. The summed E-state index contributed by atoms with van der Waals surface area (Å²) in [7, 11) is 0. The number of nitrogens with two attached hydrogens (primary N) is 1. The van der Waals surface area contributed by atoms with Crippen molar-refractivity contribution in [2.75, 3.05) is 6.61 Å². The van der Waals surface area contributed by atoms with Crippen LogP contribution in [0.5, 0.6) is 5.75 Å². The highest BCUT2D eigenvalue weighted by Gasteiger charge is 2.07. The molecule has 0 fully saturated rings. The third kappa shape index (κ3) is 3.84. The Kier molecular flexibility index (Phi) is 4.79. The molecule has 0 aliphatic carbocycles. The Hall–Kier alpha value is -1.81. The highest BCUT2D eigenvalue weighted by Crippen LogP contribution is 2.21. The van der Waals surface area contributed by atoms with Gasteiger partial charge in [-0.1, -0.05) is 17.7 Å². The Morgan fingerprint density at radius 3 is 2.80 bits per heavy atom. The maximum Gasteiger partial charge on any atom is 0.122 e. The van der Waals surface area contributed by atoms with Crippen molar-refractivity contribution in [3.05, 3.63) is 47.5 Å². The van der Waals surface area contributed by atoms with Gasteiger partial charge in [-0.05, 0) is 38.8 Å². The molecule has 1 aromatic heterocycles. The van der Waals surface area contributed by atoms with Gasteiger partial charge in [-0.15, -0.1) is 0 Å². The fourth-order valence-electron chi connectivity index (χ4n) is 2.25. The van der Waals surface area contributed by atoms with E-state index in [1.54, 1.807) is 0 Å². The highest BCUT2D eigenvalue weighted by atomic mass is 16.5. The van der Waals surface area contributed by atoms with Crippen molar-refractivity contribution in [1.82, 2.24) is 9.55 Å². The summed E-state index contributed by atoms with van der Waals surface area (Å²) in [4.78, 5) is 4.20. The molecule has 0 amide bonds. The van der Waals surface area contributed by atoms with Gasteiger partial charge in [-0.3, -0.25) is 0 Å². The largest absolute Gasteiger partial charge is 0.491 e. The van der Waals surface area contributed by atoms with Crippen molar-refractivity contribution in [2.45, 2.75) is 39.8 Å². The number of rotatable bonds is 6. The quantitative estimate of drug-likeness (QED) is 0.879. The molecule has 2 rings (SSSR count). The van der Waals surface area contributed by atoms with Gasteiger partial charge in [0, 0.05) is 18.4 Å². The van der Waals surface area contributed by atoms with Gasteiger partial charge >= 0.3 is 0 Å². The van der Waals surface area contributed by atoms with Crippen LogP contribution in [0.4, 0.5) is 0 Å². The van der Waals surface area contributed by atoms with Gasteiger partial charge in [0.05, 0.1) is 6.54 Å². The molecule has 0 bridgehead atoms. The third-order valence-electron chi connectivity index (χ3n) is 3.27. The summed E-state index contributed by atoms with van der Waals surface area (Å²) in [5.74, 6) is 1.94. The van der Waals surface area contributed by atoms with E-state index in [2.05, 4.69) is 28.6 Å². The molecule has 2 aromatic rings. The molecular formula is C16H23N3O. The number of benzene rings is 1. The lowest BCUT2D eigenvalue weighted by molar-refractivity contribution is 0.293. The van der Waals surface area contributed by atoms with Crippen LogP contribution in [-0.2, 0) is 13.0 Å². The first kappa shape index (κ1) is 14.6. The average Bonchev–Trinajstić information content (AvgIpc) is 2.77. The second-order valence-corrected chi connectivity index (χ2v) is 5.31. The van der Waals surface area contributed by atoms with Crippen molar-refractivity contribution in [3.8, 4) is 5.75 Å². The molecular weight excluding hydrogens is 250 g/mol. The van der Waals surface area contributed by atoms with Crippen molar-refractivity contribution in [1.29, 1.82) is 0 Å². The Bertz CT molecular complexity index is 561. The van der Waals surface area contributed by atoms with E-state index in [-0.39, 0.29) is 6.04 Å². The zero-order valence-electron chi connectivity index (χ0n) is 12.5. The molecule has 0 saturated carbocycles. The molecule has 4 nitrogen and oxygen atoms in total. The number of hydrogen-bond acceptors (Lipinski definition) is 3. The smallest absolute Gasteiger partial charge is 0.122 e. The molecule has 1 unspecified atom stereocenters. The van der Waals surface area contributed by atoms with Crippen LogP contribution in [0.25, 0.3) is 0 Å². The maximum atomic E-state index is 5.92. The number of nitrogens with zero attached hydrogens (tertiary/aromatic N) is 2. The van der Waals surface area contributed by atoms with Crippen LogP contribution in [0.1, 0.15) is 23.9 Å². The minimum Gasteiger partial charge on any atom is -0.491 e. The first-order valence-corrected chi connectivity index (χ1v) is 7.02. The molecule has 20 heavy (non-hydrogen) atoms. The highest BCUT2D eigenvalue weighted by molar-refractivity contribution is 5.37. The Balaban J connectivity index is 2.00. The summed E-state index contributed by atoms with van der Waals surface area (Å²) in [6, 6.07) is 6.40. The maximum absolute atomic E-state index is 5.92. The molecule has 0 aliphatic heterocycles. The molecule has 0 saturated heterocycles. The summed E-state index contributed by atoms with van der Waals surface area (Å²) >= 11 is 0. The number of ether oxygens (including phenoxy) is 1. The van der Waals surface area contributed by atoms with Crippen molar-refractivity contribution < 1.29 is 4.74 Å². The van der Waals surface area contributed by atoms with Crippen LogP contribution in [0.15, 0.2) is 30.6 Å². The second kappa shape index (κ2) is 6.57. The molecule has 0 radical (unpaired) electrons. The molecule has 1 heterocycles. The van der Waals surface area contributed by atoms with E-state index in [4.69, 9.17) is 10.5 Å². The first-order chi connectivity index (χ1) is 9.56. The lowest BCUT2D eigenvalue weighted by Crippen LogP contribution is -2.19. The van der Waals surface area contributed by atoms with Crippen molar-refractivity contribution in [3.63, 3.8) is 0 Å². The number of imidazole rings is 1. The fraction of sp³-hybridized carbons (Fsp3) is 0.438. The van der Waals surface area contributed by atoms with Gasteiger partial charge < -0.3 is 15.0 Å². The lowest BCUT2D eigenvalue weighted by Gasteiger charge is -2.14. The number of aromatic nitrogens is 2. The number of hydrogen-bond donors (Lipinski definition) is 1. The van der Waals surface area contributed by atoms with Crippen LogP contribution in [0, 0.1) is 13.8 Å².